The third-order valence-corrected chi connectivity index (χ3v) is 4.35. The van der Waals surface area contributed by atoms with E-state index in [-0.39, 0.29) is 30.3 Å². The van der Waals surface area contributed by atoms with Crippen LogP contribution in [-0.2, 0) is 16.1 Å². The number of ether oxygens (including phenoxy) is 1. The summed E-state index contributed by atoms with van der Waals surface area (Å²) in [6.45, 7) is 7.19. The zero-order valence-electron chi connectivity index (χ0n) is 15.1. The van der Waals surface area contributed by atoms with Crippen LogP contribution in [-0.4, -0.2) is 37.2 Å². The Kier molecular flexibility index (Phi) is 7.39. The Morgan fingerprint density at radius 3 is 2.61 bits per heavy atom. The maximum absolute atomic E-state index is 13.0. The summed E-state index contributed by atoms with van der Waals surface area (Å²) in [5.41, 5.74) is 1.76. The van der Waals surface area contributed by atoms with Crippen molar-refractivity contribution in [2.75, 3.05) is 19.0 Å². The van der Waals surface area contributed by atoms with Crippen LogP contribution >= 0.6 is 15.9 Å². The zero-order chi connectivity index (χ0) is 20.7. The summed E-state index contributed by atoms with van der Waals surface area (Å²) in [6.07, 6.45) is 1.50. The lowest BCUT2D eigenvalue weighted by Crippen LogP contribution is -2.26. The number of anilines is 1. The van der Waals surface area contributed by atoms with Gasteiger partial charge in [0.25, 0.3) is 5.91 Å². The highest BCUT2D eigenvalue weighted by Crippen LogP contribution is 2.36. The molecule has 1 aromatic carbocycles. The number of benzene rings is 1. The number of methoxy groups -OCH3 is 1. The quantitative estimate of drug-likeness (QED) is 0.366. The molecule has 0 aliphatic rings. The van der Waals surface area contributed by atoms with E-state index in [1.807, 2.05) is 0 Å². The van der Waals surface area contributed by atoms with E-state index in [4.69, 9.17) is 0 Å². The minimum atomic E-state index is -0.532. The monoisotopic (exact) mass is 448 g/mol. The van der Waals surface area contributed by atoms with Gasteiger partial charge in [0.1, 0.15) is 17.0 Å². The van der Waals surface area contributed by atoms with Gasteiger partial charge in [-0.25, -0.2) is 9.37 Å². The van der Waals surface area contributed by atoms with Crippen molar-refractivity contribution in [3.8, 4) is 0 Å². The number of hydrogen-bond donors (Lipinski definition) is 2. The number of carbonyl (C=O) groups excluding carboxylic acids is 2. The molecule has 7 nitrogen and oxygen atoms in total. The summed E-state index contributed by atoms with van der Waals surface area (Å²) >= 11 is 3.29. The number of carbonyl (C=O) groups is 2. The first-order chi connectivity index (χ1) is 13.4. The molecule has 2 aromatic rings. The molecule has 146 valence electrons. The second-order valence-electron chi connectivity index (χ2n) is 5.49. The Hall–Kier alpha value is -3.07. The van der Waals surface area contributed by atoms with Crippen molar-refractivity contribution < 1.29 is 18.7 Å². The van der Waals surface area contributed by atoms with Crippen molar-refractivity contribution in [1.82, 2.24) is 10.3 Å². The van der Waals surface area contributed by atoms with E-state index in [1.165, 1.54) is 25.3 Å². The number of aromatic nitrogens is 1. The average molecular weight is 449 g/mol. The van der Waals surface area contributed by atoms with Crippen molar-refractivity contribution >= 4 is 52.0 Å². The third-order valence-electron chi connectivity index (χ3n) is 3.74. The van der Waals surface area contributed by atoms with Gasteiger partial charge in [0.05, 0.1) is 18.5 Å². The van der Waals surface area contributed by atoms with Crippen LogP contribution < -0.4 is 10.6 Å². The van der Waals surface area contributed by atoms with Gasteiger partial charge in [0.2, 0.25) is 0 Å². The highest BCUT2D eigenvalue weighted by Gasteiger charge is 2.22. The van der Waals surface area contributed by atoms with Crippen molar-refractivity contribution in [2.24, 2.45) is 4.99 Å². The fourth-order valence-corrected chi connectivity index (χ4v) is 2.86. The number of nitrogens with one attached hydrogen (secondary N) is 2. The first-order valence-corrected chi connectivity index (χ1v) is 8.86. The molecular formula is C19H18BrFN4O3. The van der Waals surface area contributed by atoms with Gasteiger partial charge in [-0.05, 0) is 40.3 Å². The molecule has 1 aromatic heterocycles. The van der Waals surface area contributed by atoms with Crippen LogP contribution in [0.5, 0.6) is 0 Å². The minimum absolute atomic E-state index is 0.00545. The van der Waals surface area contributed by atoms with E-state index in [0.29, 0.717) is 21.4 Å². The lowest BCUT2D eigenvalue weighted by molar-refractivity contribution is -0.138. The van der Waals surface area contributed by atoms with Gasteiger partial charge in [-0.1, -0.05) is 24.8 Å². The molecular weight excluding hydrogens is 431 g/mol. The molecule has 1 amide bonds. The number of halogens is 2. The smallest absolute Gasteiger partial charge is 0.325 e. The van der Waals surface area contributed by atoms with Gasteiger partial charge in [-0.2, -0.15) is 0 Å². The average Bonchev–Trinajstić information content (AvgIpc) is 2.70. The molecule has 0 aliphatic heterocycles. The molecule has 9 heteroatoms. The predicted molar refractivity (Wildman–Crippen MR) is 109 cm³/mol. The fraction of sp³-hybridized carbons (Fsp3) is 0.158. The van der Waals surface area contributed by atoms with Crippen molar-refractivity contribution in [2.45, 2.75) is 6.54 Å². The Morgan fingerprint density at radius 1 is 1.36 bits per heavy atom. The molecule has 0 aliphatic carbocycles. The van der Waals surface area contributed by atoms with Gasteiger partial charge >= 0.3 is 5.97 Å². The lowest BCUT2D eigenvalue weighted by Gasteiger charge is -2.16. The highest BCUT2D eigenvalue weighted by molar-refractivity contribution is 9.10. The minimum Gasteiger partial charge on any atom is -0.468 e. The second-order valence-corrected chi connectivity index (χ2v) is 6.24. The van der Waals surface area contributed by atoms with Gasteiger partial charge < -0.3 is 15.4 Å². The highest BCUT2D eigenvalue weighted by atomic mass is 79.9. The fourth-order valence-electron chi connectivity index (χ4n) is 2.34. The number of hydrogen-bond acceptors (Lipinski definition) is 6. The Bertz CT molecular complexity index is 916. The van der Waals surface area contributed by atoms with Crippen molar-refractivity contribution in [3.63, 3.8) is 0 Å². The Morgan fingerprint density at radius 2 is 2.04 bits per heavy atom. The Labute approximate surface area is 169 Å². The summed E-state index contributed by atoms with van der Waals surface area (Å²) in [7, 11) is 1.25. The molecule has 28 heavy (non-hydrogen) atoms. The molecule has 1 heterocycles. The molecule has 0 radical (unpaired) electrons. The van der Waals surface area contributed by atoms with Crippen LogP contribution in [0.3, 0.4) is 0 Å². The van der Waals surface area contributed by atoms with E-state index in [9.17, 15) is 14.0 Å². The molecule has 2 rings (SSSR count). The van der Waals surface area contributed by atoms with E-state index in [2.05, 4.69) is 54.6 Å². The van der Waals surface area contributed by atoms with Gasteiger partial charge in [-0.3, -0.25) is 14.6 Å². The van der Waals surface area contributed by atoms with E-state index >= 15 is 0 Å². The van der Waals surface area contributed by atoms with Crippen molar-refractivity contribution in [1.29, 1.82) is 0 Å². The number of esters is 1. The molecule has 0 spiro atoms. The molecule has 0 unspecified atom stereocenters. The van der Waals surface area contributed by atoms with Crippen LogP contribution in [0, 0.1) is 5.82 Å². The second kappa shape index (κ2) is 9.75. The number of nitrogens with zero attached hydrogens (tertiary/aromatic N) is 2. The van der Waals surface area contributed by atoms with E-state index in [1.54, 1.807) is 12.1 Å². The largest absolute Gasteiger partial charge is 0.468 e. The number of rotatable bonds is 8. The number of amides is 1. The molecule has 0 saturated carbocycles. The van der Waals surface area contributed by atoms with Crippen LogP contribution in [0.25, 0.3) is 6.08 Å². The maximum atomic E-state index is 13.0. The van der Waals surface area contributed by atoms with Gasteiger partial charge in [-0.15, -0.1) is 0 Å². The standard InChI is InChI=1S/C19H18BrFN4O3/c1-4-13-15(22-2)16(23-10-14(26)28-3)17(25-18(13)20)19(27)24-9-11-5-7-12(21)8-6-11/h4-8,23H,1-2,9-10H2,3H3,(H,24,27). The van der Waals surface area contributed by atoms with Gasteiger partial charge in [0, 0.05) is 12.1 Å². The molecule has 2 N–H and O–H groups in total. The van der Waals surface area contributed by atoms with Gasteiger partial charge in [0.15, 0.2) is 5.69 Å². The molecule has 0 atom stereocenters. The number of aliphatic imine (C=N–C) groups is 1. The third kappa shape index (κ3) is 5.01. The summed E-state index contributed by atoms with van der Waals surface area (Å²) in [6, 6.07) is 5.73. The Balaban J connectivity index is 2.36. The summed E-state index contributed by atoms with van der Waals surface area (Å²) in [4.78, 5) is 32.4. The lowest BCUT2D eigenvalue weighted by atomic mass is 10.1. The molecule has 0 fully saturated rings. The van der Waals surface area contributed by atoms with Crippen LogP contribution in [0.2, 0.25) is 0 Å². The first-order valence-electron chi connectivity index (χ1n) is 8.07. The van der Waals surface area contributed by atoms with Crippen LogP contribution in [0.1, 0.15) is 21.6 Å². The number of pyridine rings is 1. The SMILES string of the molecule is C=Cc1c(Br)nc(C(=O)NCc2ccc(F)cc2)c(NCC(=O)OC)c1N=C. The molecule has 0 saturated heterocycles. The molecule has 0 bridgehead atoms. The first kappa shape index (κ1) is 21.2. The van der Waals surface area contributed by atoms with E-state index in [0.717, 1.165) is 0 Å². The predicted octanol–water partition coefficient (Wildman–Crippen LogP) is 3.47. The zero-order valence-corrected chi connectivity index (χ0v) is 16.7. The van der Waals surface area contributed by atoms with E-state index < -0.39 is 11.9 Å². The normalized spacial score (nSPS) is 10.1. The van der Waals surface area contributed by atoms with Crippen LogP contribution in [0.15, 0.2) is 40.4 Å². The van der Waals surface area contributed by atoms with Crippen molar-refractivity contribution in [3.05, 3.63) is 58.1 Å². The summed E-state index contributed by atoms with van der Waals surface area (Å²) in [5, 5.41) is 5.53. The summed E-state index contributed by atoms with van der Waals surface area (Å²) < 4.78 is 18.0. The van der Waals surface area contributed by atoms with Crippen LogP contribution in [0.4, 0.5) is 15.8 Å². The summed E-state index contributed by atoms with van der Waals surface area (Å²) in [5.74, 6) is -1.41. The maximum Gasteiger partial charge on any atom is 0.325 e. The topological polar surface area (TPSA) is 92.7 Å².